The summed E-state index contributed by atoms with van der Waals surface area (Å²) >= 11 is 0. The van der Waals surface area contributed by atoms with E-state index in [1.807, 2.05) is 0 Å². The Morgan fingerprint density at radius 1 is 1.42 bits per heavy atom. The molecule has 102 valence electrons. The third-order valence-electron chi connectivity index (χ3n) is 2.94. The summed E-state index contributed by atoms with van der Waals surface area (Å²) in [7, 11) is 0. The van der Waals surface area contributed by atoms with Crippen molar-refractivity contribution in [3.63, 3.8) is 0 Å². The van der Waals surface area contributed by atoms with E-state index in [2.05, 4.69) is 17.6 Å². The van der Waals surface area contributed by atoms with Gasteiger partial charge >= 0.3 is 0 Å². The van der Waals surface area contributed by atoms with Crippen molar-refractivity contribution in [1.29, 1.82) is 0 Å². The minimum absolute atomic E-state index is 0.0234. The Balaban J connectivity index is 1.99. The molecule has 2 N–H and O–H groups in total. The number of fused-ring (bicyclic) bond motifs is 1. The van der Waals surface area contributed by atoms with Crippen molar-refractivity contribution in [2.45, 2.75) is 26.2 Å². The van der Waals surface area contributed by atoms with Gasteiger partial charge in [-0.1, -0.05) is 19.8 Å². The van der Waals surface area contributed by atoms with Crippen LogP contribution in [0, 0.1) is 0 Å². The van der Waals surface area contributed by atoms with Crippen LogP contribution in [0.2, 0.25) is 0 Å². The van der Waals surface area contributed by atoms with Gasteiger partial charge in [0.1, 0.15) is 5.75 Å². The van der Waals surface area contributed by atoms with Crippen LogP contribution in [0.25, 0.3) is 0 Å². The van der Waals surface area contributed by atoms with Crippen molar-refractivity contribution in [2.75, 3.05) is 18.5 Å². The Kier molecular flexibility index (Phi) is 4.39. The molecule has 0 fully saturated rings. The van der Waals surface area contributed by atoms with Gasteiger partial charge in [-0.05, 0) is 24.6 Å². The van der Waals surface area contributed by atoms with Crippen molar-refractivity contribution in [2.24, 2.45) is 0 Å². The van der Waals surface area contributed by atoms with Gasteiger partial charge in [0.15, 0.2) is 6.61 Å². The Hall–Kier alpha value is -2.04. The average Bonchev–Trinajstić information content (AvgIpc) is 2.42. The maximum absolute atomic E-state index is 11.9. The number of carbonyl (C=O) groups excluding carboxylic acids is 2. The summed E-state index contributed by atoms with van der Waals surface area (Å²) < 4.78 is 5.24. The zero-order valence-electron chi connectivity index (χ0n) is 11.0. The topological polar surface area (TPSA) is 67.4 Å². The highest BCUT2D eigenvalue weighted by atomic mass is 16.5. The van der Waals surface area contributed by atoms with Crippen LogP contribution in [0.5, 0.6) is 5.75 Å². The molecule has 0 saturated heterocycles. The summed E-state index contributed by atoms with van der Waals surface area (Å²) in [5.41, 5.74) is 1.08. The number of carbonyl (C=O) groups is 2. The lowest BCUT2D eigenvalue weighted by atomic mass is 10.1. The number of rotatable bonds is 5. The summed E-state index contributed by atoms with van der Waals surface area (Å²) in [5, 5.41) is 5.55. The molecule has 5 heteroatoms. The van der Waals surface area contributed by atoms with Gasteiger partial charge in [-0.2, -0.15) is 0 Å². The van der Waals surface area contributed by atoms with Gasteiger partial charge in [0, 0.05) is 12.1 Å². The molecule has 1 aliphatic heterocycles. The predicted molar refractivity (Wildman–Crippen MR) is 72.4 cm³/mol. The normalized spacial score (nSPS) is 13.2. The first kappa shape index (κ1) is 13.4. The van der Waals surface area contributed by atoms with E-state index < -0.39 is 0 Å². The van der Waals surface area contributed by atoms with E-state index in [9.17, 15) is 9.59 Å². The van der Waals surface area contributed by atoms with Crippen molar-refractivity contribution >= 4 is 17.5 Å². The lowest BCUT2D eigenvalue weighted by Gasteiger charge is -2.18. The molecule has 0 saturated carbocycles. The molecule has 0 aromatic heterocycles. The van der Waals surface area contributed by atoms with Crippen molar-refractivity contribution < 1.29 is 14.3 Å². The van der Waals surface area contributed by atoms with Gasteiger partial charge < -0.3 is 15.4 Å². The van der Waals surface area contributed by atoms with Gasteiger partial charge in [0.2, 0.25) is 0 Å². The molecule has 2 rings (SSSR count). The van der Waals surface area contributed by atoms with Crippen LogP contribution in [0.1, 0.15) is 36.5 Å². The van der Waals surface area contributed by atoms with E-state index in [1.165, 1.54) is 0 Å². The first-order chi connectivity index (χ1) is 9.20. The lowest BCUT2D eigenvalue weighted by Crippen LogP contribution is -2.27. The lowest BCUT2D eigenvalue weighted by molar-refractivity contribution is -0.118. The summed E-state index contributed by atoms with van der Waals surface area (Å²) in [5.74, 6) is 0.272. The Morgan fingerprint density at radius 3 is 3.05 bits per heavy atom. The van der Waals surface area contributed by atoms with Crippen molar-refractivity contribution in [1.82, 2.24) is 5.32 Å². The molecule has 1 aromatic rings. The Labute approximate surface area is 112 Å². The first-order valence-corrected chi connectivity index (χ1v) is 6.55. The third kappa shape index (κ3) is 3.47. The molecule has 5 nitrogen and oxygen atoms in total. The van der Waals surface area contributed by atoms with Crippen LogP contribution in [0.15, 0.2) is 18.2 Å². The predicted octanol–water partition coefficient (Wildman–Crippen LogP) is 1.94. The summed E-state index contributed by atoms with van der Waals surface area (Å²) in [6.07, 6.45) is 3.21. The Bertz CT molecular complexity index is 486. The van der Waals surface area contributed by atoms with E-state index in [4.69, 9.17) is 4.74 Å². The summed E-state index contributed by atoms with van der Waals surface area (Å²) in [6, 6.07) is 5.04. The zero-order chi connectivity index (χ0) is 13.7. The number of benzene rings is 1. The van der Waals surface area contributed by atoms with Crippen LogP contribution in [0.3, 0.4) is 0 Å². The fourth-order valence-electron chi connectivity index (χ4n) is 1.90. The SMILES string of the molecule is CCCCCNC(=O)c1ccc2c(c1)NC(=O)CO2. The summed E-state index contributed by atoms with van der Waals surface area (Å²) in [4.78, 5) is 23.1. The molecular weight excluding hydrogens is 244 g/mol. The number of ether oxygens (including phenoxy) is 1. The van der Waals surface area contributed by atoms with E-state index in [0.29, 0.717) is 23.5 Å². The second-order valence-electron chi connectivity index (χ2n) is 4.51. The minimum atomic E-state index is -0.201. The van der Waals surface area contributed by atoms with E-state index in [0.717, 1.165) is 19.3 Å². The number of hydrogen-bond donors (Lipinski definition) is 2. The highest BCUT2D eigenvalue weighted by molar-refractivity contribution is 5.99. The average molecular weight is 262 g/mol. The number of nitrogens with one attached hydrogen (secondary N) is 2. The van der Waals surface area contributed by atoms with Crippen molar-refractivity contribution in [3.05, 3.63) is 23.8 Å². The minimum Gasteiger partial charge on any atom is -0.482 e. The molecule has 0 atom stereocenters. The van der Waals surface area contributed by atoms with Crippen molar-refractivity contribution in [3.8, 4) is 5.75 Å². The van der Waals surface area contributed by atoms with Gasteiger partial charge in [-0.15, -0.1) is 0 Å². The maximum atomic E-state index is 11.9. The maximum Gasteiger partial charge on any atom is 0.262 e. The molecule has 19 heavy (non-hydrogen) atoms. The summed E-state index contributed by atoms with van der Waals surface area (Å²) in [6.45, 7) is 2.82. The number of amides is 2. The molecule has 0 aliphatic carbocycles. The fourth-order valence-corrected chi connectivity index (χ4v) is 1.90. The quantitative estimate of drug-likeness (QED) is 0.797. The first-order valence-electron chi connectivity index (χ1n) is 6.55. The highest BCUT2D eigenvalue weighted by Crippen LogP contribution is 2.28. The van der Waals surface area contributed by atoms with Crippen LogP contribution in [-0.2, 0) is 4.79 Å². The fraction of sp³-hybridized carbons (Fsp3) is 0.429. The van der Waals surface area contributed by atoms with Crippen LogP contribution in [-0.4, -0.2) is 25.0 Å². The smallest absolute Gasteiger partial charge is 0.262 e. The van der Waals surface area contributed by atoms with E-state index >= 15 is 0 Å². The Morgan fingerprint density at radius 2 is 2.26 bits per heavy atom. The molecule has 0 bridgehead atoms. The highest BCUT2D eigenvalue weighted by Gasteiger charge is 2.17. The zero-order valence-corrected chi connectivity index (χ0v) is 11.0. The van der Waals surface area contributed by atoms with Crippen LogP contribution < -0.4 is 15.4 Å². The molecule has 2 amide bonds. The second-order valence-corrected chi connectivity index (χ2v) is 4.51. The van der Waals surface area contributed by atoms with Crippen LogP contribution in [0.4, 0.5) is 5.69 Å². The third-order valence-corrected chi connectivity index (χ3v) is 2.94. The van der Waals surface area contributed by atoms with Gasteiger partial charge in [0.05, 0.1) is 5.69 Å². The van der Waals surface area contributed by atoms with Crippen LogP contribution >= 0.6 is 0 Å². The molecule has 1 heterocycles. The molecule has 1 aliphatic rings. The standard InChI is InChI=1S/C14H18N2O3/c1-2-3-4-7-15-14(18)10-5-6-12-11(8-10)16-13(17)9-19-12/h5-6,8H,2-4,7,9H2,1H3,(H,15,18)(H,16,17). The van der Waals surface area contributed by atoms with Gasteiger partial charge in [-0.3, -0.25) is 9.59 Å². The molecule has 0 unspecified atom stereocenters. The largest absolute Gasteiger partial charge is 0.482 e. The van der Waals surface area contributed by atoms with E-state index in [-0.39, 0.29) is 18.4 Å². The molecule has 0 spiro atoms. The number of hydrogen-bond acceptors (Lipinski definition) is 3. The van der Waals surface area contributed by atoms with Gasteiger partial charge in [0.25, 0.3) is 11.8 Å². The van der Waals surface area contributed by atoms with Gasteiger partial charge in [-0.25, -0.2) is 0 Å². The molecule has 1 aromatic carbocycles. The number of anilines is 1. The molecular formula is C14H18N2O3. The second kappa shape index (κ2) is 6.22. The van der Waals surface area contributed by atoms with E-state index in [1.54, 1.807) is 18.2 Å². The monoisotopic (exact) mass is 262 g/mol. The number of unbranched alkanes of at least 4 members (excludes halogenated alkanes) is 2. The molecule has 0 radical (unpaired) electrons.